The van der Waals surface area contributed by atoms with Gasteiger partial charge in [-0.25, -0.2) is 4.68 Å². The molecular formula is C17H20N4O2S. The highest BCUT2D eigenvalue weighted by Gasteiger charge is 2.26. The number of carbonyl (C=O) groups excluding carboxylic acids is 2. The van der Waals surface area contributed by atoms with Crippen LogP contribution in [0.25, 0.3) is 5.69 Å². The quantitative estimate of drug-likeness (QED) is 0.835. The molecule has 6 nitrogen and oxygen atoms in total. The summed E-state index contributed by atoms with van der Waals surface area (Å²) in [6, 6.07) is 7.85. The summed E-state index contributed by atoms with van der Waals surface area (Å²) in [6.45, 7) is 4.42. The van der Waals surface area contributed by atoms with E-state index in [1.54, 1.807) is 16.4 Å². The fourth-order valence-electron chi connectivity index (χ4n) is 2.60. The topological polar surface area (TPSA) is 76.0 Å². The van der Waals surface area contributed by atoms with Crippen molar-refractivity contribution in [1.82, 2.24) is 15.1 Å². The molecule has 2 aromatic rings. The minimum atomic E-state index is -0.655. The smallest absolute Gasteiger partial charge is 0.314 e. The molecule has 0 radical (unpaired) electrons. The number of nitrogens with zero attached hydrogens (tertiary/aromatic N) is 2. The van der Waals surface area contributed by atoms with E-state index in [1.807, 2.05) is 38.1 Å². The van der Waals surface area contributed by atoms with E-state index >= 15 is 0 Å². The number of amides is 2. The van der Waals surface area contributed by atoms with Crippen molar-refractivity contribution in [3.63, 3.8) is 0 Å². The van der Waals surface area contributed by atoms with Gasteiger partial charge in [-0.05, 0) is 25.0 Å². The van der Waals surface area contributed by atoms with Gasteiger partial charge in [0, 0.05) is 23.6 Å². The summed E-state index contributed by atoms with van der Waals surface area (Å²) in [5.41, 5.74) is 3.92. The summed E-state index contributed by atoms with van der Waals surface area (Å²) in [5, 5.41) is 10.0. The predicted molar refractivity (Wildman–Crippen MR) is 95.2 cm³/mol. The van der Waals surface area contributed by atoms with E-state index in [1.165, 1.54) is 0 Å². The van der Waals surface area contributed by atoms with E-state index in [2.05, 4.69) is 15.7 Å². The summed E-state index contributed by atoms with van der Waals surface area (Å²) in [5.74, 6) is 0.930. The maximum absolute atomic E-state index is 12.2. The van der Waals surface area contributed by atoms with Crippen LogP contribution in [0, 0.1) is 6.92 Å². The van der Waals surface area contributed by atoms with E-state index in [9.17, 15) is 9.59 Å². The van der Waals surface area contributed by atoms with Crippen molar-refractivity contribution < 1.29 is 9.59 Å². The van der Waals surface area contributed by atoms with Crippen molar-refractivity contribution in [2.45, 2.75) is 31.8 Å². The first-order valence-electron chi connectivity index (χ1n) is 7.95. The SMILES string of the molecule is CCCNC(=O)C(=O)Nc1c2c(nn1-c1ccccc1C)CSC2. The number of thioether (sulfide) groups is 1. The molecule has 2 N–H and O–H groups in total. The van der Waals surface area contributed by atoms with Gasteiger partial charge in [-0.3, -0.25) is 9.59 Å². The minimum Gasteiger partial charge on any atom is -0.348 e. The fourth-order valence-corrected chi connectivity index (χ4v) is 3.63. The lowest BCUT2D eigenvalue weighted by Crippen LogP contribution is -2.36. The molecule has 0 bridgehead atoms. The molecule has 1 aliphatic rings. The Bertz CT molecular complexity index is 785. The van der Waals surface area contributed by atoms with Crippen molar-refractivity contribution in [3.05, 3.63) is 41.1 Å². The Hall–Kier alpha value is -2.28. The lowest BCUT2D eigenvalue weighted by Gasteiger charge is -2.12. The average Bonchev–Trinajstić information content (AvgIpc) is 3.15. The van der Waals surface area contributed by atoms with Gasteiger partial charge < -0.3 is 10.6 Å². The third-order valence-corrected chi connectivity index (χ3v) is 4.84. The number of hydrogen-bond acceptors (Lipinski definition) is 4. The van der Waals surface area contributed by atoms with Crippen LogP contribution in [-0.2, 0) is 21.1 Å². The van der Waals surface area contributed by atoms with Crippen LogP contribution in [0.4, 0.5) is 5.82 Å². The van der Waals surface area contributed by atoms with Gasteiger partial charge in [0.2, 0.25) is 0 Å². The molecule has 0 saturated heterocycles. The molecule has 0 atom stereocenters. The monoisotopic (exact) mass is 344 g/mol. The third-order valence-electron chi connectivity index (χ3n) is 3.87. The van der Waals surface area contributed by atoms with E-state index in [0.29, 0.717) is 12.4 Å². The van der Waals surface area contributed by atoms with Crippen LogP contribution in [0.2, 0.25) is 0 Å². The Kier molecular flexibility index (Phi) is 4.89. The Morgan fingerprint density at radius 2 is 2.04 bits per heavy atom. The minimum absolute atomic E-state index is 0.483. The molecule has 2 amide bonds. The molecule has 0 fully saturated rings. The molecule has 3 rings (SSSR count). The Morgan fingerprint density at radius 3 is 2.79 bits per heavy atom. The molecule has 126 valence electrons. The Labute approximate surface area is 145 Å². The molecule has 24 heavy (non-hydrogen) atoms. The van der Waals surface area contributed by atoms with Crippen LogP contribution in [0.15, 0.2) is 24.3 Å². The number of aromatic nitrogens is 2. The average molecular weight is 344 g/mol. The maximum Gasteiger partial charge on any atom is 0.314 e. The molecule has 7 heteroatoms. The van der Waals surface area contributed by atoms with Crippen molar-refractivity contribution in [1.29, 1.82) is 0 Å². The third kappa shape index (κ3) is 3.17. The first-order valence-corrected chi connectivity index (χ1v) is 9.11. The molecule has 0 saturated carbocycles. The standard InChI is InChI=1S/C17H20N4O2S/c1-3-8-18-16(22)17(23)19-15-12-9-24-10-13(12)20-21(15)14-7-5-4-6-11(14)2/h4-7H,3,8-10H2,1-2H3,(H,18,22)(H,19,23). The summed E-state index contributed by atoms with van der Waals surface area (Å²) >= 11 is 1.75. The molecule has 1 aromatic heterocycles. The highest BCUT2D eigenvalue weighted by Crippen LogP contribution is 2.36. The Balaban J connectivity index is 1.94. The van der Waals surface area contributed by atoms with E-state index < -0.39 is 11.8 Å². The van der Waals surface area contributed by atoms with Crippen LogP contribution in [0.5, 0.6) is 0 Å². The second-order valence-corrected chi connectivity index (χ2v) is 6.66. The second kappa shape index (κ2) is 7.09. The van der Waals surface area contributed by atoms with E-state index in [0.717, 1.165) is 40.4 Å². The van der Waals surface area contributed by atoms with Crippen LogP contribution in [0.1, 0.15) is 30.2 Å². The molecule has 1 aliphatic heterocycles. The van der Waals surface area contributed by atoms with Gasteiger partial charge in [-0.1, -0.05) is 25.1 Å². The maximum atomic E-state index is 12.2. The molecule has 0 spiro atoms. The number of rotatable bonds is 4. The summed E-state index contributed by atoms with van der Waals surface area (Å²) in [7, 11) is 0. The predicted octanol–water partition coefficient (Wildman–Crippen LogP) is 2.39. The lowest BCUT2D eigenvalue weighted by molar-refractivity contribution is -0.136. The number of benzene rings is 1. The van der Waals surface area contributed by atoms with Crippen LogP contribution < -0.4 is 10.6 Å². The second-order valence-electron chi connectivity index (χ2n) is 5.67. The van der Waals surface area contributed by atoms with Gasteiger partial charge in [-0.15, -0.1) is 0 Å². The van der Waals surface area contributed by atoms with Crippen molar-refractivity contribution in [2.75, 3.05) is 11.9 Å². The molecule has 0 unspecified atom stereocenters. The van der Waals surface area contributed by atoms with Gasteiger partial charge >= 0.3 is 11.8 Å². The van der Waals surface area contributed by atoms with E-state index in [4.69, 9.17) is 0 Å². The number of nitrogens with one attached hydrogen (secondary N) is 2. The highest BCUT2D eigenvalue weighted by atomic mass is 32.2. The Morgan fingerprint density at radius 1 is 1.25 bits per heavy atom. The van der Waals surface area contributed by atoms with Gasteiger partial charge in [0.1, 0.15) is 5.82 Å². The zero-order valence-corrected chi connectivity index (χ0v) is 14.6. The zero-order valence-electron chi connectivity index (χ0n) is 13.8. The highest BCUT2D eigenvalue weighted by molar-refractivity contribution is 7.98. The number of hydrogen-bond donors (Lipinski definition) is 2. The van der Waals surface area contributed by atoms with Gasteiger partial charge in [-0.2, -0.15) is 16.9 Å². The van der Waals surface area contributed by atoms with Crippen molar-refractivity contribution in [3.8, 4) is 5.69 Å². The number of aryl methyl sites for hydroxylation is 1. The van der Waals surface area contributed by atoms with Gasteiger partial charge in [0.25, 0.3) is 0 Å². The number of anilines is 1. The number of para-hydroxylation sites is 1. The summed E-state index contributed by atoms with van der Waals surface area (Å²) in [6.07, 6.45) is 0.784. The van der Waals surface area contributed by atoms with Crippen LogP contribution in [-0.4, -0.2) is 28.1 Å². The normalized spacial score (nSPS) is 12.8. The fraction of sp³-hybridized carbons (Fsp3) is 0.353. The van der Waals surface area contributed by atoms with Crippen LogP contribution in [0.3, 0.4) is 0 Å². The van der Waals surface area contributed by atoms with Gasteiger partial charge in [0.05, 0.1) is 11.4 Å². The lowest BCUT2D eigenvalue weighted by atomic mass is 10.2. The van der Waals surface area contributed by atoms with Crippen molar-refractivity contribution >= 4 is 29.4 Å². The first kappa shape index (κ1) is 16.6. The van der Waals surface area contributed by atoms with Crippen LogP contribution >= 0.6 is 11.8 Å². The zero-order chi connectivity index (χ0) is 17.1. The molecule has 0 aliphatic carbocycles. The number of carbonyl (C=O) groups is 2. The number of fused-ring (bicyclic) bond motifs is 1. The molecule has 1 aromatic carbocycles. The summed E-state index contributed by atoms with van der Waals surface area (Å²) < 4.78 is 1.74. The molecular weight excluding hydrogens is 324 g/mol. The van der Waals surface area contributed by atoms with Crippen molar-refractivity contribution in [2.24, 2.45) is 0 Å². The van der Waals surface area contributed by atoms with E-state index in [-0.39, 0.29) is 0 Å². The first-order chi connectivity index (χ1) is 11.6. The van der Waals surface area contributed by atoms with Gasteiger partial charge in [0.15, 0.2) is 0 Å². The molecule has 2 heterocycles. The summed E-state index contributed by atoms with van der Waals surface area (Å²) in [4.78, 5) is 24.1. The largest absolute Gasteiger partial charge is 0.348 e.